The van der Waals surface area contributed by atoms with Crippen molar-refractivity contribution in [3.05, 3.63) is 33.4 Å². The van der Waals surface area contributed by atoms with E-state index in [0.29, 0.717) is 18.0 Å². The minimum absolute atomic E-state index is 0.397. The van der Waals surface area contributed by atoms with Crippen LogP contribution in [0.25, 0.3) is 10.9 Å². The summed E-state index contributed by atoms with van der Waals surface area (Å²) in [7, 11) is 0. The number of carbonyl (C=O) groups is 1. The van der Waals surface area contributed by atoms with Crippen molar-refractivity contribution >= 4 is 32.7 Å². The Morgan fingerprint density at radius 3 is 2.95 bits per heavy atom. The van der Waals surface area contributed by atoms with Crippen molar-refractivity contribution in [3.63, 3.8) is 0 Å². The highest BCUT2D eigenvalue weighted by Crippen LogP contribution is 2.36. The van der Waals surface area contributed by atoms with Crippen LogP contribution in [0.4, 0.5) is 0 Å². The zero-order valence-electron chi connectivity index (χ0n) is 10.5. The van der Waals surface area contributed by atoms with Crippen LogP contribution >= 0.6 is 15.9 Å². The Morgan fingerprint density at radius 2 is 2.26 bits per heavy atom. The maximum Gasteiger partial charge on any atom is 0.250 e. The van der Waals surface area contributed by atoms with Crippen LogP contribution < -0.4 is 11.5 Å². The molecule has 1 aromatic heterocycles. The van der Waals surface area contributed by atoms with E-state index < -0.39 is 5.91 Å². The van der Waals surface area contributed by atoms with Crippen LogP contribution in [0, 0.1) is 5.92 Å². The van der Waals surface area contributed by atoms with Crippen molar-refractivity contribution in [2.75, 3.05) is 6.54 Å². The van der Waals surface area contributed by atoms with Crippen LogP contribution in [0.15, 0.2) is 16.6 Å². The normalized spacial score (nSPS) is 18.5. The van der Waals surface area contributed by atoms with Crippen molar-refractivity contribution in [1.29, 1.82) is 0 Å². The van der Waals surface area contributed by atoms with E-state index in [1.165, 1.54) is 11.3 Å². The summed E-state index contributed by atoms with van der Waals surface area (Å²) in [5.74, 6) is 0.128. The van der Waals surface area contributed by atoms with Gasteiger partial charge in [0.1, 0.15) is 0 Å². The quantitative estimate of drug-likeness (QED) is 0.791. The molecule has 1 unspecified atom stereocenters. The summed E-state index contributed by atoms with van der Waals surface area (Å²) in [6.07, 6.45) is 3.05. The number of H-pyrrole nitrogens is 1. The van der Waals surface area contributed by atoms with Gasteiger partial charge in [-0.05, 0) is 49.4 Å². The maximum atomic E-state index is 11.5. The summed E-state index contributed by atoms with van der Waals surface area (Å²) in [5, 5.41) is 1.10. The van der Waals surface area contributed by atoms with Gasteiger partial charge in [0.2, 0.25) is 0 Å². The van der Waals surface area contributed by atoms with Gasteiger partial charge in [-0.3, -0.25) is 4.79 Å². The van der Waals surface area contributed by atoms with Gasteiger partial charge in [0, 0.05) is 15.6 Å². The summed E-state index contributed by atoms with van der Waals surface area (Å²) in [6.45, 7) is 0.707. The van der Waals surface area contributed by atoms with Gasteiger partial charge in [-0.2, -0.15) is 0 Å². The Hall–Kier alpha value is -1.33. The second-order valence-corrected chi connectivity index (χ2v) is 5.99. The van der Waals surface area contributed by atoms with Gasteiger partial charge >= 0.3 is 0 Å². The number of primary amides is 1. The highest BCUT2D eigenvalue weighted by molar-refractivity contribution is 9.10. The number of amides is 1. The highest BCUT2D eigenvalue weighted by atomic mass is 79.9. The third-order valence-corrected chi connectivity index (χ3v) is 4.65. The summed E-state index contributed by atoms with van der Waals surface area (Å²) in [4.78, 5) is 14.9. The van der Waals surface area contributed by atoms with E-state index in [4.69, 9.17) is 11.5 Å². The second-order valence-electron chi connectivity index (χ2n) is 5.14. The first-order valence-electron chi connectivity index (χ1n) is 6.43. The zero-order valence-corrected chi connectivity index (χ0v) is 12.1. The fourth-order valence-corrected chi connectivity index (χ4v) is 3.54. The van der Waals surface area contributed by atoms with Crippen molar-refractivity contribution in [1.82, 2.24) is 4.98 Å². The SMILES string of the molecule is NCC1CCc2c([nH]c3c(C(N)=O)ccc(Br)c23)C1. The standard InChI is InChI=1S/C14H16BrN3O/c15-10-4-3-9(14(17)19)13-12(10)8-2-1-7(6-16)5-11(8)18-13/h3-4,7,18H,1-2,5-6,16H2,(H2,17,19). The van der Waals surface area contributed by atoms with Crippen LogP contribution in [0.2, 0.25) is 0 Å². The molecule has 0 saturated carbocycles. The Kier molecular flexibility index (Phi) is 3.11. The monoisotopic (exact) mass is 321 g/mol. The van der Waals surface area contributed by atoms with Gasteiger partial charge in [0.05, 0.1) is 11.1 Å². The van der Waals surface area contributed by atoms with Gasteiger partial charge in [-0.15, -0.1) is 0 Å². The van der Waals surface area contributed by atoms with Gasteiger partial charge in [0.25, 0.3) is 5.91 Å². The molecule has 2 aromatic rings. The summed E-state index contributed by atoms with van der Waals surface area (Å²) in [5.41, 5.74) is 15.1. The lowest BCUT2D eigenvalue weighted by Crippen LogP contribution is -2.21. The van der Waals surface area contributed by atoms with Crippen LogP contribution in [-0.2, 0) is 12.8 Å². The van der Waals surface area contributed by atoms with Crippen molar-refractivity contribution in [3.8, 4) is 0 Å². The minimum Gasteiger partial charge on any atom is -0.366 e. The average molecular weight is 322 g/mol. The Morgan fingerprint density at radius 1 is 1.47 bits per heavy atom. The van der Waals surface area contributed by atoms with E-state index in [-0.39, 0.29) is 0 Å². The largest absolute Gasteiger partial charge is 0.366 e. The number of hydrogen-bond acceptors (Lipinski definition) is 2. The molecule has 0 saturated heterocycles. The van der Waals surface area contributed by atoms with Gasteiger partial charge in [-0.1, -0.05) is 15.9 Å². The van der Waals surface area contributed by atoms with Gasteiger partial charge in [0.15, 0.2) is 0 Å². The summed E-state index contributed by atoms with van der Waals surface area (Å²) in [6, 6.07) is 3.66. The Balaban J connectivity index is 2.24. The minimum atomic E-state index is -0.397. The fourth-order valence-electron chi connectivity index (χ4n) is 2.98. The van der Waals surface area contributed by atoms with Crippen molar-refractivity contribution < 1.29 is 4.79 Å². The predicted octanol–water partition coefficient (Wildman–Crippen LogP) is 2.09. The Labute approximate surface area is 119 Å². The fraction of sp³-hybridized carbons (Fsp3) is 0.357. The topological polar surface area (TPSA) is 84.9 Å². The van der Waals surface area contributed by atoms with Crippen LogP contribution in [0.5, 0.6) is 0 Å². The van der Waals surface area contributed by atoms with Gasteiger partial charge in [-0.25, -0.2) is 0 Å². The molecule has 1 atom stereocenters. The molecule has 19 heavy (non-hydrogen) atoms. The maximum absolute atomic E-state index is 11.5. The first-order valence-corrected chi connectivity index (χ1v) is 7.23. The van der Waals surface area contributed by atoms with Crippen LogP contribution in [-0.4, -0.2) is 17.4 Å². The lowest BCUT2D eigenvalue weighted by Gasteiger charge is -2.20. The molecule has 0 fully saturated rings. The first-order chi connectivity index (χ1) is 9.11. The molecule has 4 nitrogen and oxygen atoms in total. The molecule has 3 rings (SSSR count). The molecule has 1 heterocycles. The molecule has 5 N–H and O–H groups in total. The molecule has 1 aliphatic rings. The number of benzene rings is 1. The highest BCUT2D eigenvalue weighted by Gasteiger charge is 2.24. The number of aryl methyl sites for hydroxylation is 1. The number of fused-ring (bicyclic) bond motifs is 3. The first kappa shape index (κ1) is 12.7. The molecule has 0 bridgehead atoms. The number of aromatic nitrogens is 1. The lowest BCUT2D eigenvalue weighted by atomic mass is 9.87. The van der Waals surface area contributed by atoms with Crippen molar-refractivity contribution in [2.45, 2.75) is 19.3 Å². The number of aromatic amines is 1. The number of nitrogens with two attached hydrogens (primary N) is 2. The smallest absolute Gasteiger partial charge is 0.250 e. The molecular weight excluding hydrogens is 306 g/mol. The van der Waals surface area contributed by atoms with E-state index in [1.54, 1.807) is 6.07 Å². The van der Waals surface area contributed by atoms with Crippen molar-refractivity contribution in [2.24, 2.45) is 17.4 Å². The molecule has 100 valence electrons. The average Bonchev–Trinajstić information content (AvgIpc) is 2.77. The summed E-state index contributed by atoms with van der Waals surface area (Å²) >= 11 is 3.57. The predicted molar refractivity (Wildman–Crippen MR) is 79.1 cm³/mol. The second kappa shape index (κ2) is 4.65. The number of carbonyl (C=O) groups excluding carboxylic acids is 1. The molecule has 0 spiro atoms. The molecule has 1 aliphatic carbocycles. The molecule has 1 aromatic carbocycles. The van der Waals surface area contributed by atoms with E-state index in [1.807, 2.05) is 6.07 Å². The summed E-state index contributed by atoms with van der Waals surface area (Å²) < 4.78 is 1.01. The Bertz CT molecular complexity index is 662. The van der Waals surface area contributed by atoms with E-state index in [2.05, 4.69) is 20.9 Å². The number of halogens is 1. The lowest BCUT2D eigenvalue weighted by molar-refractivity contribution is 0.100. The zero-order chi connectivity index (χ0) is 13.6. The third-order valence-electron chi connectivity index (χ3n) is 3.99. The third kappa shape index (κ3) is 1.97. The van der Waals surface area contributed by atoms with Gasteiger partial charge < -0.3 is 16.5 Å². The molecule has 5 heteroatoms. The number of hydrogen-bond donors (Lipinski definition) is 3. The van der Waals surface area contributed by atoms with E-state index in [9.17, 15) is 4.79 Å². The number of rotatable bonds is 2. The molecule has 1 amide bonds. The van der Waals surface area contributed by atoms with Crippen LogP contribution in [0.3, 0.4) is 0 Å². The number of nitrogens with one attached hydrogen (secondary N) is 1. The molecular formula is C14H16BrN3O. The molecule has 0 aliphatic heterocycles. The van der Waals surface area contributed by atoms with E-state index >= 15 is 0 Å². The van der Waals surface area contributed by atoms with Crippen LogP contribution in [0.1, 0.15) is 28.0 Å². The van der Waals surface area contributed by atoms with E-state index in [0.717, 1.165) is 34.6 Å². The molecule has 0 radical (unpaired) electrons.